The number of aliphatic imine (C=N–C) groups is 1. The molecule has 0 spiro atoms. The smallest absolute Gasteiger partial charge is 0.193 e. The average Bonchev–Trinajstić information content (AvgIpc) is 2.79. The Kier molecular flexibility index (Phi) is 10.4. The number of nitrogens with zero attached hydrogens (tertiary/aromatic N) is 3. The van der Waals surface area contributed by atoms with Gasteiger partial charge in [0.15, 0.2) is 5.96 Å². The zero-order valence-corrected chi connectivity index (χ0v) is 18.3. The van der Waals surface area contributed by atoms with E-state index >= 15 is 0 Å². The fourth-order valence-corrected chi connectivity index (χ4v) is 3.21. The van der Waals surface area contributed by atoms with Crippen molar-refractivity contribution in [2.75, 3.05) is 51.6 Å². The molecule has 1 aromatic carbocycles. The fraction of sp³-hybridized carbons (Fsp3) is 0.632. The lowest BCUT2D eigenvalue weighted by Gasteiger charge is -2.19. The van der Waals surface area contributed by atoms with Gasteiger partial charge < -0.3 is 20.9 Å². The van der Waals surface area contributed by atoms with Crippen LogP contribution < -0.4 is 11.1 Å². The quantitative estimate of drug-likeness (QED) is 0.390. The van der Waals surface area contributed by atoms with Gasteiger partial charge in [-0.25, -0.2) is 0 Å². The highest BCUT2D eigenvalue weighted by molar-refractivity contribution is 14.0. The minimum Gasteiger partial charge on any atom is -0.370 e. The molecule has 3 N–H and O–H groups in total. The van der Waals surface area contributed by atoms with Gasteiger partial charge in [0.2, 0.25) is 0 Å². The molecule has 1 aromatic rings. The van der Waals surface area contributed by atoms with E-state index in [0.29, 0.717) is 5.96 Å². The van der Waals surface area contributed by atoms with E-state index < -0.39 is 0 Å². The van der Waals surface area contributed by atoms with Gasteiger partial charge in [-0.2, -0.15) is 0 Å². The summed E-state index contributed by atoms with van der Waals surface area (Å²) in [7, 11) is 2.19. The van der Waals surface area contributed by atoms with E-state index in [1.807, 2.05) is 0 Å². The van der Waals surface area contributed by atoms with Crippen molar-refractivity contribution in [2.45, 2.75) is 33.1 Å². The Morgan fingerprint density at radius 3 is 2.44 bits per heavy atom. The van der Waals surface area contributed by atoms with Crippen molar-refractivity contribution < 1.29 is 0 Å². The second-order valence-corrected chi connectivity index (χ2v) is 6.55. The second kappa shape index (κ2) is 11.7. The molecule has 1 heterocycles. The highest BCUT2D eigenvalue weighted by Crippen LogP contribution is 2.22. The molecule has 0 amide bonds. The third-order valence-corrected chi connectivity index (χ3v) is 4.76. The Hall–Kier alpha value is -0.860. The van der Waals surface area contributed by atoms with Crippen LogP contribution in [0.25, 0.3) is 0 Å². The molecule has 0 aromatic heterocycles. The molecule has 1 saturated heterocycles. The molecule has 6 heteroatoms. The minimum absolute atomic E-state index is 0. The van der Waals surface area contributed by atoms with Crippen molar-refractivity contribution in [1.29, 1.82) is 0 Å². The van der Waals surface area contributed by atoms with Crippen LogP contribution in [0.5, 0.6) is 0 Å². The van der Waals surface area contributed by atoms with Gasteiger partial charge in [0.25, 0.3) is 0 Å². The van der Waals surface area contributed by atoms with Gasteiger partial charge >= 0.3 is 0 Å². The molecule has 0 bridgehead atoms. The molecule has 2 rings (SSSR count). The summed E-state index contributed by atoms with van der Waals surface area (Å²) in [6.45, 7) is 10.7. The van der Waals surface area contributed by atoms with Gasteiger partial charge in [0, 0.05) is 25.3 Å². The maximum atomic E-state index is 6.13. The summed E-state index contributed by atoms with van der Waals surface area (Å²) < 4.78 is 0. The van der Waals surface area contributed by atoms with Gasteiger partial charge in [-0.3, -0.25) is 4.99 Å². The van der Waals surface area contributed by atoms with E-state index in [1.165, 1.54) is 24.1 Å². The first kappa shape index (κ1) is 22.2. The topological polar surface area (TPSA) is 56.9 Å². The zero-order chi connectivity index (χ0) is 17.4. The van der Waals surface area contributed by atoms with Crippen LogP contribution in [0.15, 0.2) is 23.2 Å². The molecule has 0 radical (unpaired) electrons. The largest absolute Gasteiger partial charge is 0.370 e. The van der Waals surface area contributed by atoms with E-state index in [9.17, 15) is 0 Å². The highest BCUT2D eigenvalue weighted by Gasteiger charge is 2.11. The first-order chi connectivity index (χ1) is 11.6. The lowest BCUT2D eigenvalue weighted by atomic mass is 10.0. The van der Waals surface area contributed by atoms with Gasteiger partial charge in [-0.15, -0.1) is 24.0 Å². The Morgan fingerprint density at radius 2 is 1.80 bits per heavy atom. The monoisotopic (exact) mass is 459 g/mol. The summed E-state index contributed by atoms with van der Waals surface area (Å²) in [5.41, 5.74) is 9.86. The first-order valence-electron chi connectivity index (χ1n) is 9.22. The number of likely N-dealkylation sites (N-methyl/N-ethyl adjacent to an activating group) is 1. The van der Waals surface area contributed by atoms with Crippen LogP contribution in [0.1, 0.15) is 31.4 Å². The Bertz CT molecular complexity index is 524. The van der Waals surface area contributed by atoms with Crippen LogP contribution in [-0.2, 0) is 12.8 Å². The predicted octanol–water partition coefficient (Wildman–Crippen LogP) is 2.79. The molecule has 1 aliphatic heterocycles. The number of halogens is 1. The summed E-state index contributed by atoms with van der Waals surface area (Å²) in [6.07, 6.45) is 3.22. The number of benzene rings is 1. The SMILES string of the molecule is CCc1cccc(CC)c1NC(N)=NCCN1CCCN(C)CC1.I. The number of guanidine groups is 1. The molecule has 1 fully saturated rings. The van der Waals surface area contributed by atoms with Crippen molar-refractivity contribution >= 4 is 35.6 Å². The molecule has 1 aliphatic rings. The molecular weight excluding hydrogens is 425 g/mol. The number of hydrogen-bond acceptors (Lipinski definition) is 3. The highest BCUT2D eigenvalue weighted by atomic mass is 127. The molecule has 25 heavy (non-hydrogen) atoms. The van der Waals surface area contributed by atoms with Crippen LogP contribution in [-0.4, -0.2) is 62.1 Å². The van der Waals surface area contributed by atoms with Crippen molar-refractivity contribution in [1.82, 2.24) is 9.80 Å². The van der Waals surface area contributed by atoms with Crippen LogP contribution in [0.3, 0.4) is 0 Å². The van der Waals surface area contributed by atoms with Crippen LogP contribution >= 0.6 is 24.0 Å². The van der Waals surface area contributed by atoms with Crippen LogP contribution in [0, 0.1) is 0 Å². The number of para-hydroxylation sites is 1. The van der Waals surface area contributed by atoms with Crippen molar-refractivity contribution in [3.63, 3.8) is 0 Å². The third-order valence-electron chi connectivity index (χ3n) is 4.76. The van der Waals surface area contributed by atoms with Crippen LogP contribution in [0.4, 0.5) is 5.69 Å². The van der Waals surface area contributed by atoms with Gasteiger partial charge in [0.05, 0.1) is 6.54 Å². The maximum Gasteiger partial charge on any atom is 0.193 e. The molecule has 142 valence electrons. The molecule has 0 atom stereocenters. The number of nitrogens with two attached hydrogens (primary N) is 1. The van der Waals surface area contributed by atoms with E-state index in [0.717, 1.165) is 51.3 Å². The molecule has 0 unspecified atom stereocenters. The summed E-state index contributed by atoms with van der Waals surface area (Å²) >= 11 is 0. The fourth-order valence-electron chi connectivity index (χ4n) is 3.21. The summed E-state index contributed by atoms with van der Waals surface area (Å²) in [6, 6.07) is 6.43. The van der Waals surface area contributed by atoms with Gasteiger partial charge in [0.1, 0.15) is 0 Å². The zero-order valence-electron chi connectivity index (χ0n) is 15.9. The lowest BCUT2D eigenvalue weighted by Crippen LogP contribution is -2.32. The third kappa shape index (κ3) is 7.11. The molecule has 0 saturated carbocycles. The Morgan fingerprint density at radius 1 is 1.12 bits per heavy atom. The summed E-state index contributed by atoms with van der Waals surface area (Å²) in [5, 5.41) is 3.34. The Labute approximate surface area is 170 Å². The number of nitrogens with one attached hydrogen (secondary N) is 1. The summed E-state index contributed by atoms with van der Waals surface area (Å²) in [5.74, 6) is 0.525. The van der Waals surface area contributed by atoms with E-state index in [2.05, 4.69) is 59.2 Å². The van der Waals surface area contributed by atoms with Crippen molar-refractivity contribution in [2.24, 2.45) is 10.7 Å². The number of anilines is 1. The number of aryl methyl sites for hydroxylation is 2. The molecular formula is C19H34IN5. The lowest BCUT2D eigenvalue weighted by molar-refractivity contribution is 0.283. The van der Waals surface area contributed by atoms with Gasteiger partial charge in [-0.05, 0) is 50.5 Å². The van der Waals surface area contributed by atoms with Crippen molar-refractivity contribution in [3.8, 4) is 0 Å². The molecule has 0 aliphatic carbocycles. The predicted molar refractivity (Wildman–Crippen MR) is 119 cm³/mol. The molecule has 5 nitrogen and oxygen atoms in total. The normalized spacial score (nSPS) is 17.0. The average molecular weight is 459 g/mol. The maximum absolute atomic E-state index is 6.13. The van der Waals surface area contributed by atoms with Crippen molar-refractivity contribution in [3.05, 3.63) is 29.3 Å². The first-order valence-corrected chi connectivity index (χ1v) is 9.22. The van der Waals surface area contributed by atoms with E-state index in [-0.39, 0.29) is 24.0 Å². The van der Waals surface area contributed by atoms with Gasteiger partial charge in [-0.1, -0.05) is 32.0 Å². The second-order valence-electron chi connectivity index (χ2n) is 6.55. The van der Waals surface area contributed by atoms with E-state index in [1.54, 1.807) is 0 Å². The number of hydrogen-bond donors (Lipinski definition) is 2. The van der Waals surface area contributed by atoms with Crippen LogP contribution in [0.2, 0.25) is 0 Å². The standard InChI is InChI=1S/C19H33N5.HI/c1-4-16-8-6-9-17(5-2)18(16)22-19(20)21-10-13-24-12-7-11-23(3)14-15-24;/h6,8-9H,4-5,7,10-15H2,1-3H3,(H3,20,21,22);1H. The minimum atomic E-state index is 0. The summed E-state index contributed by atoms with van der Waals surface area (Å²) in [4.78, 5) is 9.42. The Balaban J connectivity index is 0.00000312. The van der Waals surface area contributed by atoms with E-state index in [4.69, 9.17) is 5.73 Å². The number of rotatable bonds is 6.